The van der Waals surface area contributed by atoms with Gasteiger partial charge >= 0.3 is 0 Å². The lowest BCUT2D eigenvalue weighted by Gasteiger charge is -2.24. The van der Waals surface area contributed by atoms with Crippen LogP contribution in [0.15, 0.2) is 42.9 Å². The summed E-state index contributed by atoms with van der Waals surface area (Å²) in [6.45, 7) is 1.88. The van der Waals surface area contributed by atoms with E-state index in [0.717, 1.165) is 52.2 Å². The summed E-state index contributed by atoms with van der Waals surface area (Å²) in [5.41, 5.74) is 6.35. The lowest BCUT2D eigenvalue weighted by Crippen LogP contribution is -2.38. The van der Waals surface area contributed by atoms with Gasteiger partial charge in [0.2, 0.25) is 5.91 Å². The van der Waals surface area contributed by atoms with Gasteiger partial charge in [-0.25, -0.2) is 9.97 Å². The normalized spacial score (nSPS) is 19.0. The number of anilines is 3. The summed E-state index contributed by atoms with van der Waals surface area (Å²) in [5.74, 6) is 0.629. The van der Waals surface area contributed by atoms with Crippen LogP contribution in [0, 0.1) is 0 Å². The summed E-state index contributed by atoms with van der Waals surface area (Å²) >= 11 is 0. The zero-order valence-corrected chi connectivity index (χ0v) is 20.7. The second-order valence-corrected chi connectivity index (χ2v) is 10.0. The van der Waals surface area contributed by atoms with E-state index in [-0.39, 0.29) is 17.9 Å². The van der Waals surface area contributed by atoms with Gasteiger partial charge in [-0.2, -0.15) is 0 Å². The van der Waals surface area contributed by atoms with E-state index >= 15 is 0 Å². The number of hydrogen-bond acceptors (Lipinski definition) is 7. The predicted octanol–water partition coefficient (Wildman–Crippen LogP) is 2.96. The Balaban J connectivity index is 1.28. The monoisotopic (exact) mass is 494 g/mol. The number of likely N-dealkylation sites (N-methyl/N-ethyl adjacent to an activating group) is 1. The van der Waals surface area contributed by atoms with Gasteiger partial charge in [0.25, 0.3) is 5.91 Å². The Morgan fingerprint density at radius 3 is 2.89 bits per heavy atom. The molecule has 3 aliphatic rings. The van der Waals surface area contributed by atoms with Crippen molar-refractivity contribution in [2.45, 2.75) is 32.0 Å². The van der Waals surface area contributed by atoms with E-state index in [0.29, 0.717) is 36.6 Å². The summed E-state index contributed by atoms with van der Waals surface area (Å²) in [4.78, 5) is 43.8. The van der Waals surface area contributed by atoms with Gasteiger partial charge in [0.1, 0.15) is 11.5 Å². The highest BCUT2D eigenvalue weighted by Crippen LogP contribution is 2.37. The maximum Gasteiger partial charge on any atom is 0.254 e. The molecular formula is C27H26N8O2. The number of carbonyl (C=O) groups is 2. The lowest BCUT2D eigenvalue weighted by atomic mass is 10.0. The van der Waals surface area contributed by atoms with Crippen LogP contribution < -0.4 is 15.5 Å². The van der Waals surface area contributed by atoms with Crippen molar-refractivity contribution >= 4 is 40.0 Å². The molecule has 7 rings (SSSR count). The Hall–Kier alpha value is -4.31. The first-order valence-corrected chi connectivity index (χ1v) is 12.5. The molecule has 0 spiro atoms. The van der Waals surface area contributed by atoms with Gasteiger partial charge in [-0.05, 0) is 37.7 Å². The highest BCUT2D eigenvalue weighted by molar-refractivity contribution is 6.06. The summed E-state index contributed by atoms with van der Waals surface area (Å²) in [7, 11) is 4.01. The molecule has 10 nitrogen and oxygen atoms in total. The van der Waals surface area contributed by atoms with Crippen molar-refractivity contribution in [2.75, 3.05) is 23.8 Å². The Bertz CT molecular complexity index is 1610. The summed E-state index contributed by atoms with van der Waals surface area (Å²) in [5, 5.41) is 7.29. The second-order valence-electron chi connectivity index (χ2n) is 10.0. The zero-order chi connectivity index (χ0) is 25.3. The first-order valence-electron chi connectivity index (χ1n) is 12.5. The van der Waals surface area contributed by atoms with Crippen molar-refractivity contribution < 1.29 is 9.59 Å². The van der Waals surface area contributed by atoms with E-state index in [2.05, 4.69) is 27.6 Å². The van der Waals surface area contributed by atoms with Crippen LogP contribution in [0.5, 0.6) is 0 Å². The van der Waals surface area contributed by atoms with Crippen LogP contribution in [0.4, 0.5) is 17.2 Å². The number of rotatable bonds is 3. The van der Waals surface area contributed by atoms with E-state index < -0.39 is 0 Å². The molecule has 10 heteroatoms. The molecule has 0 radical (unpaired) electrons. The fourth-order valence-electron chi connectivity index (χ4n) is 5.90. The first kappa shape index (κ1) is 21.9. The highest BCUT2D eigenvalue weighted by Gasteiger charge is 2.37. The summed E-state index contributed by atoms with van der Waals surface area (Å²) in [6.07, 6.45) is 6.89. The van der Waals surface area contributed by atoms with Crippen LogP contribution in [0.3, 0.4) is 0 Å². The third-order valence-electron chi connectivity index (χ3n) is 7.60. The molecule has 0 aliphatic carbocycles. The molecule has 1 atom stereocenters. The molecule has 0 bridgehead atoms. The van der Waals surface area contributed by atoms with Gasteiger partial charge in [-0.3, -0.25) is 19.5 Å². The molecule has 1 saturated heterocycles. The predicted molar refractivity (Wildman–Crippen MR) is 139 cm³/mol. The molecule has 7 heterocycles. The number of nitrogens with one attached hydrogen (secondary N) is 2. The van der Waals surface area contributed by atoms with Crippen LogP contribution in [0.1, 0.15) is 34.5 Å². The molecule has 0 aromatic carbocycles. The van der Waals surface area contributed by atoms with Crippen molar-refractivity contribution in [1.29, 1.82) is 0 Å². The minimum Gasteiger partial charge on any atom is -0.348 e. The highest BCUT2D eigenvalue weighted by atomic mass is 16.2. The molecule has 0 unspecified atom stereocenters. The Kier molecular flexibility index (Phi) is 4.80. The number of amides is 2. The van der Waals surface area contributed by atoms with Gasteiger partial charge in [0.05, 0.1) is 40.6 Å². The molecule has 4 aromatic rings. The number of aromatic nitrogens is 4. The number of carbonyl (C=O) groups excluding carboxylic acids is 2. The Morgan fingerprint density at radius 2 is 2.00 bits per heavy atom. The van der Waals surface area contributed by atoms with Crippen LogP contribution in [0.25, 0.3) is 22.3 Å². The Morgan fingerprint density at radius 1 is 1.11 bits per heavy atom. The van der Waals surface area contributed by atoms with Crippen molar-refractivity contribution in [2.24, 2.45) is 7.05 Å². The quantitative estimate of drug-likeness (QED) is 0.451. The van der Waals surface area contributed by atoms with E-state index in [4.69, 9.17) is 9.97 Å². The largest absolute Gasteiger partial charge is 0.348 e. The van der Waals surface area contributed by atoms with Crippen LogP contribution in [-0.2, 0) is 24.9 Å². The topological polar surface area (TPSA) is 108 Å². The van der Waals surface area contributed by atoms with Crippen LogP contribution in [-0.4, -0.2) is 55.9 Å². The van der Waals surface area contributed by atoms with Crippen molar-refractivity contribution in [3.05, 3.63) is 59.7 Å². The standard InChI is InChI=1S/C27H26N8O2/c1-33-13-15-3-6-23(36)35(15)21-4-5-22(32-20(21)14-33)31-19-12-29-25(18-11-30-27(37)24(18)19)16-7-9-28-26-17(16)8-10-34(26)2/h4-5,7-10,12,15H,3,6,11,13-14H2,1-2H3,(H,30,37)(H,31,32)/t15-/m1/s1. The third-order valence-corrected chi connectivity index (χ3v) is 7.60. The SMILES string of the molecule is CN1Cc2nc(Nc3cnc(-c4ccnc5c4ccn5C)c4c3C(=O)NC4)ccc2N2C(=O)CC[C@@H]2C1. The minimum atomic E-state index is -0.139. The van der Waals surface area contributed by atoms with Crippen molar-refractivity contribution in [1.82, 2.24) is 29.7 Å². The van der Waals surface area contributed by atoms with Crippen LogP contribution in [0.2, 0.25) is 0 Å². The maximum atomic E-state index is 12.9. The van der Waals surface area contributed by atoms with Crippen molar-refractivity contribution in [3.8, 4) is 11.3 Å². The first-order chi connectivity index (χ1) is 18.0. The van der Waals surface area contributed by atoms with E-state index in [9.17, 15) is 9.59 Å². The second kappa shape index (κ2) is 8.10. The van der Waals surface area contributed by atoms with E-state index in [1.165, 1.54) is 0 Å². The number of nitrogens with zero attached hydrogens (tertiary/aromatic N) is 6. The van der Waals surface area contributed by atoms with Gasteiger partial charge < -0.3 is 20.1 Å². The van der Waals surface area contributed by atoms with Gasteiger partial charge in [0, 0.05) is 62.0 Å². The summed E-state index contributed by atoms with van der Waals surface area (Å²) < 4.78 is 1.97. The molecule has 2 N–H and O–H groups in total. The average Bonchev–Trinajstić information content (AvgIpc) is 3.54. The average molecular weight is 495 g/mol. The maximum absolute atomic E-state index is 12.9. The fraction of sp³-hybridized carbons (Fsp3) is 0.296. The lowest BCUT2D eigenvalue weighted by molar-refractivity contribution is -0.117. The van der Waals surface area contributed by atoms with Crippen LogP contribution >= 0.6 is 0 Å². The number of pyridine rings is 3. The minimum absolute atomic E-state index is 0.139. The fourth-order valence-corrected chi connectivity index (χ4v) is 5.90. The molecular weight excluding hydrogens is 468 g/mol. The Labute approximate surface area is 213 Å². The molecule has 4 aromatic heterocycles. The third kappa shape index (κ3) is 3.40. The van der Waals surface area contributed by atoms with Gasteiger partial charge in [-0.15, -0.1) is 0 Å². The van der Waals surface area contributed by atoms with Gasteiger partial charge in [-0.1, -0.05) is 0 Å². The van der Waals surface area contributed by atoms with Crippen molar-refractivity contribution in [3.63, 3.8) is 0 Å². The number of aryl methyl sites for hydroxylation is 1. The van der Waals surface area contributed by atoms with E-state index in [1.807, 2.05) is 47.0 Å². The zero-order valence-electron chi connectivity index (χ0n) is 20.7. The number of hydrogen-bond donors (Lipinski definition) is 2. The molecule has 1 fully saturated rings. The molecule has 37 heavy (non-hydrogen) atoms. The number of fused-ring (bicyclic) bond motifs is 5. The molecule has 186 valence electrons. The van der Waals surface area contributed by atoms with E-state index in [1.54, 1.807) is 12.4 Å². The summed E-state index contributed by atoms with van der Waals surface area (Å²) in [6, 6.07) is 7.99. The van der Waals surface area contributed by atoms with Gasteiger partial charge in [0.15, 0.2) is 0 Å². The smallest absolute Gasteiger partial charge is 0.254 e. The molecule has 0 saturated carbocycles. The molecule has 2 amide bonds. The molecule has 3 aliphatic heterocycles.